The van der Waals surface area contributed by atoms with E-state index in [1.54, 1.807) is 31.0 Å². The van der Waals surface area contributed by atoms with Crippen LogP contribution in [0.2, 0.25) is 0 Å². The van der Waals surface area contributed by atoms with Gasteiger partial charge < -0.3 is 14.8 Å². The summed E-state index contributed by atoms with van der Waals surface area (Å²) in [5.41, 5.74) is 1.79. The molecule has 3 aromatic carbocycles. The summed E-state index contributed by atoms with van der Waals surface area (Å²) in [6, 6.07) is 25.4. The highest BCUT2D eigenvalue weighted by atomic mass is 32.2. The van der Waals surface area contributed by atoms with Crippen LogP contribution in [-0.4, -0.2) is 31.9 Å². The molecule has 0 aliphatic rings. The summed E-state index contributed by atoms with van der Waals surface area (Å²) in [5, 5.41) is 2.95. The van der Waals surface area contributed by atoms with Crippen LogP contribution in [0.5, 0.6) is 11.5 Å². The van der Waals surface area contributed by atoms with Crippen molar-refractivity contribution < 1.29 is 14.3 Å². The zero-order valence-corrected chi connectivity index (χ0v) is 17.3. The largest absolute Gasteiger partial charge is 0.497 e. The molecule has 5 heteroatoms. The van der Waals surface area contributed by atoms with Gasteiger partial charge in [-0.15, -0.1) is 11.8 Å². The zero-order chi connectivity index (χ0) is 20.3. The molecule has 0 radical (unpaired) electrons. The average molecular weight is 408 g/mol. The molecule has 0 heterocycles. The van der Waals surface area contributed by atoms with Crippen LogP contribution in [0, 0.1) is 0 Å². The minimum Gasteiger partial charge on any atom is -0.497 e. The van der Waals surface area contributed by atoms with E-state index in [0.717, 1.165) is 29.2 Å². The highest BCUT2D eigenvalue weighted by Gasteiger charge is 2.05. The monoisotopic (exact) mass is 407 g/mol. The van der Waals surface area contributed by atoms with Crippen LogP contribution in [0.3, 0.4) is 0 Å². The molecule has 0 aliphatic carbocycles. The van der Waals surface area contributed by atoms with Gasteiger partial charge in [0, 0.05) is 22.8 Å². The number of nitrogens with one attached hydrogen (secondary N) is 1. The summed E-state index contributed by atoms with van der Waals surface area (Å²) < 4.78 is 10.9. The van der Waals surface area contributed by atoms with Crippen LogP contribution >= 0.6 is 11.8 Å². The van der Waals surface area contributed by atoms with Crippen molar-refractivity contribution in [1.29, 1.82) is 0 Å². The number of thioether (sulfide) groups is 1. The molecule has 0 bridgehead atoms. The molecule has 0 aromatic heterocycles. The van der Waals surface area contributed by atoms with Gasteiger partial charge in [0.25, 0.3) is 5.91 Å². The van der Waals surface area contributed by atoms with Crippen LogP contribution in [-0.2, 0) is 6.42 Å². The van der Waals surface area contributed by atoms with Gasteiger partial charge in [-0.3, -0.25) is 4.79 Å². The van der Waals surface area contributed by atoms with Gasteiger partial charge in [0.05, 0.1) is 13.7 Å². The molecule has 3 aromatic rings. The Morgan fingerprint density at radius 3 is 2.28 bits per heavy atom. The molecule has 0 unspecified atom stereocenters. The molecule has 3 rings (SSSR count). The van der Waals surface area contributed by atoms with E-state index in [1.807, 2.05) is 54.6 Å². The maximum Gasteiger partial charge on any atom is 0.251 e. The maximum absolute atomic E-state index is 12.3. The predicted molar refractivity (Wildman–Crippen MR) is 118 cm³/mol. The van der Waals surface area contributed by atoms with Crippen molar-refractivity contribution in [2.45, 2.75) is 11.3 Å². The van der Waals surface area contributed by atoms with Crippen LogP contribution in [0.1, 0.15) is 15.9 Å². The van der Waals surface area contributed by atoms with Crippen LogP contribution in [0.4, 0.5) is 0 Å². The van der Waals surface area contributed by atoms with E-state index in [2.05, 4.69) is 17.4 Å². The summed E-state index contributed by atoms with van der Waals surface area (Å²) in [5.74, 6) is 2.40. The van der Waals surface area contributed by atoms with Crippen LogP contribution in [0.25, 0.3) is 0 Å². The third-order valence-corrected chi connectivity index (χ3v) is 5.32. The summed E-state index contributed by atoms with van der Waals surface area (Å²) in [7, 11) is 1.65. The molecule has 0 saturated heterocycles. The van der Waals surface area contributed by atoms with E-state index in [-0.39, 0.29) is 5.91 Å². The first-order valence-electron chi connectivity index (χ1n) is 9.56. The Morgan fingerprint density at radius 2 is 1.59 bits per heavy atom. The Labute approximate surface area is 176 Å². The van der Waals surface area contributed by atoms with Crippen LogP contribution in [0.15, 0.2) is 83.8 Å². The third-order valence-electron chi connectivity index (χ3n) is 4.34. The second-order valence-electron chi connectivity index (χ2n) is 6.39. The number of carbonyl (C=O) groups excluding carboxylic acids is 1. The van der Waals surface area contributed by atoms with Crippen molar-refractivity contribution >= 4 is 17.7 Å². The number of hydrogen-bond donors (Lipinski definition) is 1. The number of ether oxygens (including phenoxy) is 2. The van der Waals surface area contributed by atoms with Crippen molar-refractivity contribution in [3.8, 4) is 11.5 Å². The summed E-state index contributed by atoms with van der Waals surface area (Å²) in [6.07, 6.45) is 0.774. The second-order valence-corrected chi connectivity index (χ2v) is 7.56. The van der Waals surface area contributed by atoms with Crippen molar-refractivity contribution in [1.82, 2.24) is 5.32 Å². The lowest BCUT2D eigenvalue weighted by Crippen LogP contribution is -2.25. The van der Waals surface area contributed by atoms with E-state index < -0.39 is 0 Å². The van der Waals surface area contributed by atoms with Gasteiger partial charge in [0.1, 0.15) is 11.5 Å². The van der Waals surface area contributed by atoms with Gasteiger partial charge in [-0.05, 0) is 60.5 Å². The highest BCUT2D eigenvalue weighted by molar-refractivity contribution is 7.99. The number of carbonyl (C=O) groups is 1. The minimum absolute atomic E-state index is 0.0790. The Morgan fingerprint density at radius 1 is 0.897 bits per heavy atom. The molecular formula is C24H25NO3S. The fourth-order valence-electron chi connectivity index (χ4n) is 2.75. The van der Waals surface area contributed by atoms with Gasteiger partial charge >= 0.3 is 0 Å². The molecule has 0 spiro atoms. The number of hydrogen-bond acceptors (Lipinski definition) is 4. The highest BCUT2D eigenvalue weighted by Crippen LogP contribution is 2.18. The normalized spacial score (nSPS) is 10.4. The van der Waals surface area contributed by atoms with Crippen LogP contribution < -0.4 is 14.8 Å². The van der Waals surface area contributed by atoms with Gasteiger partial charge in [-0.25, -0.2) is 0 Å². The smallest absolute Gasteiger partial charge is 0.251 e. The molecule has 1 N–H and O–H groups in total. The lowest BCUT2D eigenvalue weighted by atomic mass is 10.1. The first-order chi connectivity index (χ1) is 14.2. The second kappa shape index (κ2) is 11.2. The van der Waals surface area contributed by atoms with Crippen molar-refractivity contribution in [2.75, 3.05) is 26.0 Å². The minimum atomic E-state index is -0.0790. The lowest BCUT2D eigenvalue weighted by Gasteiger charge is -2.08. The van der Waals surface area contributed by atoms with Gasteiger partial charge in [-0.2, -0.15) is 0 Å². The van der Waals surface area contributed by atoms with E-state index in [0.29, 0.717) is 18.7 Å². The average Bonchev–Trinajstić information content (AvgIpc) is 2.78. The molecule has 1 amide bonds. The fraction of sp³-hybridized carbons (Fsp3) is 0.208. The van der Waals surface area contributed by atoms with Gasteiger partial charge in [-0.1, -0.05) is 30.3 Å². The number of amides is 1. The number of benzene rings is 3. The molecule has 0 atom stereocenters. The predicted octanol–water partition coefficient (Wildman–Crippen LogP) is 4.84. The van der Waals surface area contributed by atoms with E-state index >= 15 is 0 Å². The Balaban J connectivity index is 1.37. The SMILES string of the molecule is COc1ccc(CCNC(=O)c2ccc(OCCSc3ccccc3)cc2)cc1. The zero-order valence-electron chi connectivity index (χ0n) is 16.5. The standard InChI is InChI=1S/C24H25NO3S/c1-27-21-11-7-19(8-12-21)15-16-25-24(26)20-9-13-22(14-10-20)28-17-18-29-23-5-3-2-4-6-23/h2-14H,15-18H2,1H3,(H,25,26). The first-order valence-corrected chi connectivity index (χ1v) is 10.5. The summed E-state index contributed by atoms with van der Waals surface area (Å²) in [4.78, 5) is 13.5. The van der Waals surface area contributed by atoms with Gasteiger partial charge in [0.2, 0.25) is 0 Å². The molecule has 0 fully saturated rings. The molecule has 0 saturated carbocycles. The lowest BCUT2D eigenvalue weighted by molar-refractivity contribution is 0.0954. The number of rotatable bonds is 10. The summed E-state index contributed by atoms with van der Waals surface area (Å²) >= 11 is 1.76. The Kier molecular flexibility index (Phi) is 8.01. The first kappa shape index (κ1) is 20.8. The molecule has 150 valence electrons. The molecule has 29 heavy (non-hydrogen) atoms. The van der Waals surface area contributed by atoms with Crippen molar-refractivity contribution in [3.05, 3.63) is 90.0 Å². The quantitative estimate of drug-likeness (QED) is 0.386. The Hall–Kier alpha value is -2.92. The molecule has 0 aliphatic heterocycles. The third kappa shape index (κ3) is 6.88. The maximum atomic E-state index is 12.3. The number of methoxy groups -OCH3 is 1. The molecule has 4 nitrogen and oxygen atoms in total. The molecular weight excluding hydrogens is 382 g/mol. The van der Waals surface area contributed by atoms with E-state index in [9.17, 15) is 4.79 Å². The summed E-state index contributed by atoms with van der Waals surface area (Å²) in [6.45, 7) is 1.20. The van der Waals surface area contributed by atoms with Crippen molar-refractivity contribution in [2.24, 2.45) is 0 Å². The van der Waals surface area contributed by atoms with Crippen molar-refractivity contribution in [3.63, 3.8) is 0 Å². The van der Waals surface area contributed by atoms with Gasteiger partial charge in [0.15, 0.2) is 0 Å². The van der Waals surface area contributed by atoms with E-state index in [1.165, 1.54) is 4.90 Å². The topological polar surface area (TPSA) is 47.6 Å². The Bertz CT molecular complexity index is 880. The van der Waals surface area contributed by atoms with E-state index in [4.69, 9.17) is 9.47 Å². The fourth-order valence-corrected chi connectivity index (χ4v) is 3.50.